The van der Waals surface area contributed by atoms with E-state index in [-0.39, 0.29) is 45.1 Å². The van der Waals surface area contributed by atoms with E-state index >= 15 is 0 Å². The summed E-state index contributed by atoms with van der Waals surface area (Å²) in [6.45, 7) is 0. The van der Waals surface area contributed by atoms with Crippen molar-refractivity contribution in [2.45, 2.75) is 0 Å². The van der Waals surface area contributed by atoms with Crippen molar-refractivity contribution in [2.24, 2.45) is 0 Å². The van der Waals surface area contributed by atoms with Gasteiger partial charge in [0.2, 0.25) is 0 Å². The first kappa shape index (κ1) is 31.5. The third-order valence-corrected chi connectivity index (χ3v) is 3.50. The molecule has 0 amide bonds. The molecule has 4 rings (SSSR count). The molecule has 0 bridgehead atoms. The zero-order valence-corrected chi connectivity index (χ0v) is 20.2. The number of halogens is 4. The van der Waals surface area contributed by atoms with Crippen LogP contribution in [0.5, 0.6) is 0 Å². The minimum atomic E-state index is 0. The molecule has 0 nitrogen and oxygen atoms in total. The van der Waals surface area contributed by atoms with Crippen molar-refractivity contribution in [1.29, 1.82) is 0 Å². The molecule has 144 valence electrons. The molecule has 4 radical (unpaired) electrons. The summed E-state index contributed by atoms with van der Waals surface area (Å²) in [6.07, 6.45) is 0. The molecule has 0 spiro atoms. The van der Waals surface area contributed by atoms with Crippen LogP contribution in [0.15, 0.2) is 97.1 Å². The number of hydrogen-bond donors (Lipinski definition) is 0. The van der Waals surface area contributed by atoms with Gasteiger partial charge in [0, 0.05) is 11.0 Å². The van der Waals surface area contributed by atoms with Crippen molar-refractivity contribution in [2.75, 3.05) is 0 Å². The quantitative estimate of drug-likeness (QED) is 0.158. The van der Waals surface area contributed by atoms with E-state index in [4.69, 9.17) is 46.4 Å². The van der Waals surface area contributed by atoms with Crippen molar-refractivity contribution in [3.05, 3.63) is 117 Å². The van der Waals surface area contributed by atoms with Gasteiger partial charge in [0.25, 0.3) is 0 Å². The molecule has 27 heavy (non-hydrogen) atoms. The van der Waals surface area contributed by atoms with Gasteiger partial charge in [0.1, 0.15) is 0 Å². The Hall–Kier alpha value is -0.184. The van der Waals surface area contributed by atoms with E-state index in [9.17, 15) is 0 Å². The molecule has 0 aliphatic rings. The molecule has 0 heterocycles. The Morgan fingerprint density at radius 2 is 0.630 bits per heavy atom. The summed E-state index contributed by atoms with van der Waals surface area (Å²) >= 11 is 21.8. The summed E-state index contributed by atoms with van der Waals surface area (Å²) in [5, 5.41) is 3.26. The molecule has 0 N–H and O–H groups in total. The maximum absolute atomic E-state index is 5.46. The summed E-state index contributed by atoms with van der Waals surface area (Å²) in [5.41, 5.74) is 0. The van der Waals surface area contributed by atoms with Gasteiger partial charge >= 0.3 is 34.1 Å². The molecule has 0 fully saturated rings. The van der Waals surface area contributed by atoms with E-state index < -0.39 is 0 Å². The van der Waals surface area contributed by atoms with Gasteiger partial charge in [0.15, 0.2) is 0 Å². The fourth-order valence-corrected chi connectivity index (χ4v) is 1.98. The minimum absolute atomic E-state index is 0. The first-order valence-electron chi connectivity index (χ1n) is 7.07. The Morgan fingerprint density at radius 3 is 0.667 bits per heavy atom. The predicted octanol–water partition coefficient (Wildman–Crippen LogP) is 7.85. The smallest absolute Gasteiger partial charge is 0.212 e. The van der Waals surface area contributed by atoms with E-state index in [0.717, 1.165) is 20.1 Å². The van der Waals surface area contributed by atoms with E-state index in [0.29, 0.717) is 0 Å². The summed E-state index contributed by atoms with van der Waals surface area (Å²) in [6, 6.07) is 30.0. The van der Waals surface area contributed by atoms with Gasteiger partial charge in [-0.25, -0.2) is 24.3 Å². The van der Waals surface area contributed by atoms with Crippen molar-refractivity contribution in [3.8, 4) is 0 Å². The zero-order chi connectivity index (χ0) is 17.6. The van der Waals surface area contributed by atoms with Gasteiger partial charge in [-0.15, -0.1) is 46.4 Å². The standard InChI is InChI=1S/4C5H4Cl.2Fe.Si/c4*6-5-3-1-2-4-5;;;/h4*1-4H;;;/q4*-1;2*+2;. The Balaban J connectivity index is -0.000000274. The fraction of sp³-hybridized carbons (Fsp3) is 0. The molecule has 0 aliphatic carbocycles. The number of hydrogen-bond acceptors (Lipinski definition) is 0. The average Bonchev–Trinajstić information content (AvgIpc) is 3.31. The normalized spacial score (nSPS) is 7.85. The second-order valence-corrected chi connectivity index (χ2v) is 6.16. The van der Waals surface area contributed by atoms with Gasteiger partial charge in [0.05, 0.1) is 0 Å². The van der Waals surface area contributed by atoms with Crippen LogP contribution >= 0.6 is 46.4 Å². The van der Waals surface area contributed by atoms with Gasteiger partial charge in [-0.2, -0.15) is 72.8 Å². The van der Waals surface area contributed by atoms with E-state index in [2.05, 4.69) is 0 Å². The zero-order valence-electron chi connectivity index (χ0n) is 14.0. The second kappa shape index (κ2) is 20.5. The Kier molecular flexibility index (Phi) is 24.0. The topological polar surface area (TPSA) is 0 Å². The fourth-order valence-electron chi connectivity index (χ4n) is 1.40. The maximum Gasteiger partial charge on any atom is 2.00 e. The van der Waals surface area contributed by atoms with E-state index in [1.807, 2.05) is 97.1 Å². The molecule has 0 unspecified atom stereocenters. The van der Waals surface area contributed by atoms with Crippen LogP contribution in [0.1, 0.15) is 0 Å². The molecule has 0 saturated heterocycles. The minimum Gasteiger partial charge on any atom is -0.212 e. The number of rotatable bonds is 0. The SMILES string of the molecule is Clc1ccc[cH-]1.Clc1ccc[cH-]1.Clc1ccc[cH-]1.Clc1ccc[cH-]1.[Fe+2].[Fe+2].[Si]. The molecular formula is C20H16Cl4Fe2Si. The Labute approximate surface area is 207 Å². The molecule has 0 saturated carbocycles. The largest absolute Gasteiger partial charge is 2.00 e. The van der Waals surface area contributed by atoms with Crippen molar-refractivity contribution in [3.63, 3.8) is 0 Å². The Bertz CT molecular complexity index is 575. The Morgan fingerprint density at radius 1 is 0.444 bits per heavy atom. The first-order valence-corrected chi connectivity index (χ1v) is 8.58. The summed E-state index contributed by atoms with van der Waals surface area (Å²) < 4.78 is 0. The van der Waals surface area contributed by atoms with Crippen LogP contribution in [0, 0.1) is 0 Å². The van der Waals surface area contributed by atoms with Crippen molar-refractivity contribution in [1.82, 2.24) is 0 Å². The molecular weight excluding hydrogens is 522 g/mol. The first-order chi connectivity index (χ1) is 11.6. The molecule has 7 heteroatoms. The molecule has 4 aromatic carbocycles. The van der Waals surface area contributed by atoms with E-state index in [1.54, 1.807) is 0 Å². The summed E-state index contributed by atoms with van der Waals surface area (Å²) in [7, 11) is 0. The van der Waals surface area contributed by atoms with Crippen molar-refractivity contribution >= 4 is 57.4 Å². The average molecular weight is 538 g/mol. The van der Waals surface area contributed by atoms with Crippen LogP contribution in [0.3, 0.4) is 0 Å². The second-order valence-electron chi connectivity index (χ2n) is 4.41. The third kappa shape index (κ3) is 18.9. The molecule has 0 aromatic heterocycles. The van der Waals surface area contributed by atoms with Gasteiger partial charge in [-0.05, 0) is 0 Å². The van der Waals surface area contributed by atoms with Crippen LogP contribution in [0.4, 0.5) is 0 Å². The molecule has 0 atom stereocenters. The summed E-state index contributed by atoms with van der Waals surface area (Å²) in [4.78, 5) is 0. The van der Waals surface area contributed by atoms with Gasteiger partial charge in [-0.3, -0.25) is 0 Å². The maximum atomic E-state index is 5.46. The molecule has 0 aliphatic heterocycles. The van der Waals surface area contributed by atoms with Gasteiger partial charge < -0.3 is 0 Å². The molecule has 4 aromatic rings. The third-order valence-electron chi connectivity index (χ3n) is 2.49. The van der Waals surface area contributed by atoms with Crippen LogP contribution in [0.25, 0.3) is 0 Å². The van der Waals surface area contributed by atoms with Crippen LogP contribution in [-0.4, -0.2) is 11.0 Å². The van der Waals surface area contributed by atoms with Crippen LogP contribution in [0.2, 0.25) is 20.1 Å². The van der Waals surface area contributed by atoms with Crippen LogP contribution < -0.4 is 0 Å². The van der Waals surface area contributed by atoms with E-state index in [1.165, 1.54) is 0 Å². The summed E-state index contributed by atoms with van der Waals surface area (Å²) in [5.74, 6) is 0. The van der Waals surface area contributed by atoms with Crippen LogP contribution in [-0.2, 0) is 34.1 Å². The predicted molar refractivity (Wildman–Crippen MR) is 114 cm³/mol. The van der Waals surface area contributed by atoms with Gasteiger partial charge in [-0.1, -0.05) is 20.1 Å². The van der Waals surface area contributed by atoms with Crippen molar-refractivity contribution < 1.29 is 34.1 Å². The monoisotopic (exact) mass is 536 g/mol.